The number of sulfonamides is 1. The molecular weight excluding hydrogens is 296 g/mol. The van der Waals surface area contributed by atoms with Gasteiger partial charge < -0.3 is 10.8 Å². The molecule has 0 unspecified atom stereocenters. The van der Waals surface area contributed by atoms with Gasteiger partial charge in [0.25, 0.3) is 0 Å². The van der Waals surface area contributed by atoms with Crippen molar-refractivity contribution in [2.45, 2.75) is 17.7 Å². The largest absolute Gasteiger partial charge is 0.481 e. The number of hydrogen-bond donors (Lipinski definition) is 2. The highest BCUT2D eigenvalue weighted by atomic mass is 32.2. The van der Waals surface area contributed by atoms with Crippen molar-refractivity contribution >= 4 is 21.9 Å². The van der Waals surface area contributed by atoms with Crippen LogP contribution in [0.3, 0.4) is 0 Å². The highest BCUT2D eigenvalue weighted by molar-refractivity contribution is 7.89. The van der Waals surface area contributed by atoms with Crippen LogP contribution in [0, 0.1) is 5.92 Å². The van der Waals surface area contributed by atoms with Gasteiger partial charge in [-0.2, -0.15) is 4.31 Å². The number of amides is 1. The summed E-state index contributed by atoms with van der Waals surface area (Å²) in [5.41, 5.74) is 5.32. The van der Waals surface area contributed by atoms with Gasteiger partial charge in [0.1, 0.15) is 0 Å². The van der Waals surface area contributed by atoms with Crippen LogP contribution in [0.4, 0.5) is 0 Å². The van der Waals surface area contributed by atoms with E-state index in [-0.39, 0.29) is 17.0 Å². The van der Waals surface area contributed by atoms with Crippen molar-refractivity contribution in [2.24, 2.45) is 11.7 Å². The van der Waals surface area contributed by atoms with E-state index in [2.05, 4.69) is 0 Å². The quantitative estimate of drug-likeness (QED) is 0.827. The summed E-state index contributed by atoms with van der Waals surface area (Å²) in [5, 5.41) is 9.02. The third kappa shape index (κ3) is 3.22. The average Bonchev–Trinajstić information content (AvgIpc) is 2.47. The van der Waals surface area contributed by atoms with E-state index >= 15 is 0 Å². The summed E-state index contributed by atoms with van der Waals surface area (Å²) in [5.74, 6) is -2.31. The second-order valence-electron chi connectivity index (χ2n) is 4.93. The van der Waals surface area contributed by atoms with Gasteiger partial charge in [0.05, 0.1) is 10.8 Å². The summed E-state index contributed by atoms with van der Waals surface area (Å²) in [4.78, 5) is 22.0. The summed E-state index contributed by atoms with van der Waals surface area (Å²) in [7, 11) is -3.75. The lowest BCUT2D eigenvalue weighted by Crippen LogP contribution is -2.42. The normalized spacial score (nSPS) is 20.1. The summed E-state index contributed by atoms with van der Waals surface area (Å²) in [6, 6.07) is 5.29. The number of nitrogens with zero attached hydrogens (tertiary/aromatic N) is 1. The van der Waals surface area contributed by atoms with E-state index in [0.717, 1.165) is 0 Å². The molecular formula is C13H16N2O5S. The van der Waals surface area contributed by atoms with Crippen LogP contribution in [-0.2, 0) is 14.8 Å². The van der Waals surface area contributed by atoms with Crippen molar-refractivity contribution in [3.05, 3.63) is 29.8 Å². The Morgan fingerprint density at radius 2 is 1.86 bits per heavy atom. The van der Waals surface area contributed by atoms with E-state index < -0.39 is 27.8 Å². The minimum absolute atomic E-state index is 0.0264. The number of aliphatic carboxylic acids is 1. The summed E-state index contributed by atoms with van der Waals surface area (Å²) in [6.45, 7) is 0.263. The maximum absolute atomic E-state index is 12.5. The summed E-state index contributed by atoms with van der Waals surface area (Å²) in [6.07, 6.45) is 0.984. The van der Waals surface area contributed by atoms with Crippen LogP contribution < -0.4 is 5.73 Å². The number of hydrogen-bond acceptors (Lipinski definition) is 4. The fraction of sp³-hybridized carbons (Fsp3) is 0.385. The monoisotopic (exact) mass is 312 g/mol. The molecule has 0 bridgehead atoms. The number of carbonyl (C=O) groups excluding carboxylic acids is 1. The number of primary amides is 1. The number of carbonyl (C=O) groups is 2. The van der Waals surface area contributed by atoms with Gasteiger partial charge in [0, 0.05) is 18.7 Å². The Morgan fingerprint density at radius 3 is 2.38 bits per heavy atom. The Morgan fingerprint density at radius 1 is 1.24 bits per heavy atom. The molecule has 0 spiro atoms. The molecule has 0 aromatic heterocycles. The topological polar surface area (TPSA) is 118 Å². The van der Waals surface area contributed by atoms with E-state index in [1.54, 1.807) is 0 Å². The van der Waals surface area contributed by atoms with E-state index in [1.807, 2.05) is 0 Å². The average molecular weight is 312 g/mol. The molecule has 1 fully saturated rings. The molecule has 1 heterocycles. The Bertz CT molecular complexity index is 654. The molecule has 3 N–H and O–H groups in total. The molecule has 1 atom stereocenters. The number of nitrogens with two attached hydrogens (primary N) is 1. The Balaban J connectivity index is 2.24. The van der Waals surface area contributed by atoms with Crippen molar-refractivity contribution < 1.29 is 23.1 Å². The zero-order chi connectivity index (χ0) is 15.6. The third-order valence-electron chi connectivity index (χ3n) is 3.51. The second-order valence-corrected chi connectivity index (χ2v) is 6.87. The first-order valence-corrected chi connectivity index (χ1v) is 7.89. The molecule has 0 aliphatic carbocycles. The van der Waals surface area contributed by atoms with Crippen LogP contribution in [0.5, 0.6) is 0 Å². The van der Waals surface area contributed by atoms with Crippen molar-refractivity contribution in [2.75, 3.05) is 13.1 Å². The minimum Gasteiger partial charge on any atom is -0.481 e. The number of benzene rings is 1. The molecule has 1 aromatic carbocycles. The SMILES string of the molecule is NC(=O)c1ccc(S(=O)(=O)N2CCC[C@@H](C(=O)O)C2)cc1. The molecule has 1 aliphatic heterocycles. The lowest BCUT2D eigenvalue weighted by Gasteiger charge is -2.29. The Labute approximate surface area is 122 Å². The molecule has 21 heavy (non-hydrogen) atoms. The van der Waals surface area contributed by atoms with E-state index in [4.69, 9.17) is 10.8 Å². The van der Waals surface area contributed by atoms with Gasteiger partial charge in [-0.25, -0.2) is 8.42 Å². The van der Waals surface area contributed by atoms with Crippen molar-refractivity contribution in [1.82, 2.24) is 4.31 Å². The predicted molar refractivity (Wildman–Crippen MR) is 74.1 cm³/mol. The number of piperidine rings is 1. The Kier molecular flexibility index (Phi) is 4.29. The van der Waals surface area contributed by atoms with Gasteiger partial charge in [-0.3, -0.25) is 9.59 Å². The van der Waals surface area contributed by atoms with Crippen LogP contribution in [0.15, 0.2) is 29.2 Å². The van der Waals surface area contributed by atoms with Crippen LogP contribution in [-0.4, -0.2) is 42.8 Å². The fourth-order valence-corrected chi connectivity index (χ4v) is 3.83. The van der Waals surface area contributed by atoms with Crippen LogP contribution >= 0.6 is 0 Å². The van der Waals surface area contributed by atoms with E-state index in [1.165, 1.54) is 28.6 Å². The molecule has 0 radical (unpaired) electrons. The van der Waals surface area contributed by atoms with Crippen molar-refractivity contribution in [3.63, 3.8) is 0 Å². The molecule has 114 valence electrons. The zero-order valence-electron chi connectivity index (χ0n) is 11.2. The molecule has 8 heteroatoms. The van der Waals surface area contributed by atoms with Crippen LogP contribution in [0.25, 0.3) is 0 Å². The molecule has 1 aromatic rings. The zero-order valence-corrected chi connectivity index (χ0v) is 12.0. The first-order valence-electron chi connectivity index (χ1n) is 6.45. The number of rotatable bonds is 4. The molecule has 7 nitrogen and oxygen atoms in total. The maximum atomic E-state index is 12.5. The lowest BCUT2D eigenvalue weighted by atomic mass is 10.0. The smallest absolute Gasteiger partial charge is 0.307 e. The number of carboxylic acid groups (broad SMARTS) is 1. The lowest BCUT2D eigenvalue weighted by molar-refractivity contribution is -0.142. The second kappa shape index (κ2) is 5.82. The van der Waals surface area contributed by atoms with Gasteiger partial charge in [-0.15, -0.1) is 0 Å². The highest BCUT2D eigenvalue weighted by Crippen LogP contribution is 2.24. The number of carboxylic acids is 1. The van der Waals surface area contributed by atoms with E-state index in [9.17, 15) is 18.0 Å². The Hall–Kier alpha value is -1.93. The fourth-order valence-electron chi connectivity index (χ4n) is 2.30. The van der Waals surface area contributed by atoms with Crippen molar-refractivity contribution in [3.8, 4) is 0 Å². The van der Waals surface area contributed by atoms with Crippen molar-refractivity contribution in [1.29, 1.82) is 0 Å². The molecule has 0 saturated carbocycles. The first-order chi connectivity index (χ1) is 9.82. The summed E-state index contributed by atoms with van der Waals surface area (Å²) < 4.78 is 26.1. The standard InChI is InChI=1S/C13H16N2O5S/c14-12(16)9-3-5-11(6-4-9)21(19,20)15-7-1-2-10(8-15)13(17)18/h3-6,10H,1-2,7-8H2,(H2,14,16)(H,17,18)/t10-/m1/s1. The molecule has 1 amide bonds. The van der Waals surface area contributed by atoms with E-state index in [0.29, 0.717) is 19.4 Å². The predicted octanol–water partition coefficient (Wildman–Crippen LogP) is 0.271. The van der Waals surface area contributed by atoms with Crippen LogP contribution in [0.1, 0.15) is 23.2 Å². The molecule has 2 rings (SSSR count). The first kappa shape index (κ1) is 15.5. The molecule has 1 saturated heterocycles. The third-order valence-corrected chi connectivity index (χ3v) is 5.39. The maximum Gasteiger partial charge on any atom is 0.307 e. The van der Waals surface area contributed by atoms with Crippen LogP contribution in [0.2, 0.25) is 0 Å². The van der Waals surface area contributed by atoms with Gasteiger partial charge in [-0.1, -0.05) is 0 Å². The van der Waals surface area contributed by atoms with Gasteiger partial charge >= 0.3 is 5.97 Å². The van der Waals surface area contributed by atoms with Gasteiger partial charge in [0.2, 0.25) is 15.9 Å². The highest BCUT2D eigenvalue weighted by Gasteiger charge is 2.33. The van der Waals surface area contributed by atoms with Gasteiger partial charge in [0.15, 0.2) is 0 Å². The van der Waals surface area contributed by atoms with Gasteiger partial charge in [-0.05, 0) is 37.1 Å². The molecule has 1 aliphatic rings. The summed E-state index contributed by atoms with van der Waals surface area (Å²) >= 11 is 0. The minimum atomic E-state index is -3.75.